The molecule has 1 saturated heterocycles. The second kappa shape index (κ2) is 7.11. The number of nitrogens with one attached hydrogen (secondary N) is 1. The number of alkyl halides is 3. The van der Waals surface area contributed by atoms with E-state index in [9.17, 15) is 13.2 Å². The summed E-state index contributed by atoms with van der Waals surface area (Å²) in [6.45, 7) is 4.59. The SMILES string of the molecule is CCCNc1ccnc(CN2CCC(C(F)(F)F)CC2)c1. The zero-order valence-corrected chi connectivity index (χ0v) is 12.3. The van der Waals surface area contributed by atoms with Crippen LogP contribution in [0.2, 0.25) is 0 Å². The summed E-state index contributed by atoms with van der Waals surface area (Å²) in [7, 11) is 0. The number of piperidine rings is 1. The van der Waals surface area contributed by atoms with Crippen molar-refractivity contribution in [2.24, 2.45) is 5.92 Å². The third-order valence-electron chi connectivity index (χ3n) is 3.83. The molecule has 1 aromatic heterocycles. The highest BCUT2D eigenvalue weighted by molar-refractivity contribution is 5.43. The van der Waals surface area contributed by atoms with Gasteiger partial charge in [0.1, 0.15) is 0 Å². The third-order valence-corrected chi connectivity index (χ3v) is 3.83. The van der Waals surface area contributed by atoms with Crippen LogP contribution in [0.4, 0.5) is 18.9 Å². The predicted octanol–water partition coefficient (Wildman–Crippen LogP) is 3.68. The lowest BCUT2D eigenvalue weighted by molar-refractivity contribution is -0.185. The maximum absolute atomic E-state index is 12.6. The third kappa shape index (κ3) is 4.88. The van der Waals surface area contributed by atoms with Gasteiger partial charge in [-0.05, 0) is 44.5 Å². The zero-order chi connectivity index (χ0) is 15.3. The van der Waals surface area contributed by atoms with Crippen molar-refractivity contribution in [3.05, 3.63) is 24.0 Å². The number of hydrogen-bond acceptors (Lipinski definition) is 3. The van der Waals surface area contributed by atoms with E-state index in [1.165, 1.54) is 0 Å². The summed E-state index contributed by atoms with van der Waals surface area (Å²) in [6, 6.07) is 3.89. The fourth-order valence-electron chi connectivity index (χ4n) is 2.59. The Balaban J connectivity index is 1.86. The van der Waals surface area contributed by atoms with Gasteiger partial charge < -0.3 is 5.32 Å². The molecule has 1 N–H and O–H groups in total. The van der Waals surface area contributed by atoms with Crippen molar-refractivity contribution in [2.45, 2.75) is 38.9 Å². The summed E-state index contributed by atoms with van der Waals surface area (Å²) in [5.74, 6) is -1.14. The van der Waals surface area contributed by atoms with Gasteiger partial charge in [-0.3, -0.25) is 9.88 Å². The maximum atomic E-state index is 12.6. The standard InChI is InChI=1S/C15H22F3N3/c1-2-6-19-13-3-7-20-14(10-13)11-21-8-4-12(5-9-21)15(16,17)18/h3,7,10,12H,2,4-6,8-9,11H2,1H3,(H,19,20). The van der Waals surface area contributed by atoms with Crippen LogP contribution in [0.1, 0.15) is 31.9 Å². The molecule has 0 unspecified atom stereocenters. The van der Waals surface area contributed by atoms with Crippen molar-refractivity contribution in [1.82, 2.24) is 9.88 Å². The lowest BCUT2D eigenvalue weighted by Crippen LogP contribution is -2.38. The quantitative estimate of drug-likeness (QED) is 0.899. The summed E-state index contributed by atoms with van der Waals surface area (Å²) >= 11 is 0. The number of likely N-dealkylation sites (tertiary alicyclic amines) is 1. The van der Waals surface area contributed by atoms with Crippen molar-refractivity contribution in [3.63, 3.8) is 0 Å². The van der Waals surface area contributed by atoms with Crippen molar-refractivity contribution < 1.29 is 13.2 Å². The van der Waals surface area contributed by atoms with E-state index in [0.29, 0.717) is 19.6 Å². The molecule has 0 radical (unpaired) electrons. The van der Waals surface area contributed by atoms with Crippen LogP contribution in [-0.2, 0) is 6.54 Å². The van der Waals surface area contributed by atoms with Gasteiger partial charge in [-0.25, -0.2) is 0 Å². The number of anilines is 1. The molecule has 6 heteroatoms. The molecular formula is C15H22F3N3. The molecule has 1 aliphatic rings. The highest BCUT2D eigenvalue weighted by atomic mass is 19.4. The monoisotopic (exact) mass is 301 g/mol. The Morgan fingerprint density at radius 3 is 2.67 bits per heavy atom. The molecule has 118 valence electrons. The van der Waals surface area contributed by atoms with Crippen molar-refractivity contribution in [1.29, 1.82) is 0 Å². The number of rotatable bonds is 5. The second-order valence-corrected chi connectivity index (χ2v) is 5.55. The van der Waals surface area contributed by atoms with Gasteiger partial charge in [-0.2, -0.15) is 13.2 Å². The van der Waals surface area contributed by atoms with Crippen molar-refractivity contribution in [3.8, 4) is 0 Å². The molecule has 0 bridgehead atoms. The first-order valence-electron chi connectivity index (χ1n) is 7.47. The van der Waals surface area contributed by atoms with Gasteiger partial charge in [0.2, 0.25) is 0 Å². The Bertz CT molecular complexity index is 440. The summed E-state index contributed by atoms with van der Waals surface area (Å²) in [4.78, 5) is 6.36. The maximum Gasteiger partial charge on any atom is 0.391 e. The lowest BCUT2D eigenvalue weighted by Gasteiger charge is -2.32. The summed E-state index contributed by atoms with van der Waals surface area (Å²) < 4.78 is 37.9. The molecular weight excluding hydrogens is 279 g/mol. The van der Waals surface area contributed by atoms with Crippen LogP contribution in [0.25, 0.3) is 0 Å². The molecule has 2 rings (SSSR count). The minimum Gasteiger partial charge on any atom is -0.385 e. The van der Waals surface area contributed by atoms with E-state index in [1.807, 2.05) is 17.0 Å². The van der Waals surface area contributed by atoms with Gasteiger partial charge in [0, 0.05) is 25.0 Å². The first kappa shape index (κ1) is 16.1. The highest BCUT2D eigenvalue weighted by Crippen LogP contribution is 2.34. The van der Waals surface area contributed by atoms with E-state index in [2.05, 4.69) is 17.2 Å². The average Bonchev–Trinajstić information content (AvgIpc) is 2.45. The average molecular weight is 301 g/mol. The number of halogens is 3. The van der Waals surface area contributed by atoms with Gasteiger partial charge >= 0.3 is 6.18 Å². The molecule has 2 heterocycles. The smallest absolute Gasteiger partial charge is 0.385 e. The number of hydrogen-bond donors (Lipinski definition) is 1. The molecule has 0 aromatic carbocycles. The van der Waals surface area contributed by atoms with Gasteiger partial charge in [-0.1, -0.05) is 6.92 Å². The van der Waals surface area contributed by atoms with Gasteiger partial charge in [0.15, 0.2) is 0 Å². The van der Waals surface area contributed by atoms with E-state index in [1.54, 1.807) is 6.20 Å². The van der Waals surface area contributed by atoms with Crippen molar-refractivity contribution >= 4 is 5.69 Å². The van der Waals surface area contributed by atoms with E-state index < -0.39 is 12.1 Å². The second-order valence-electron chi connectivity index (χ2n) is 5.55. The minimum absolute atomic E-state index is 0.192. The Hall–Kier alpha value is -1.30. The predicted molar refractivity (Wildman–Crippen MR) is 77.1 cm³/mol. The van der Waals surface area contributed by atoms with Crippen LogP contribution in [-0.4, -0.2) is 35.7 Å². The van der Waals surface area contributed by atoms with Crippen molar-refractivity contribution in [2.75, 3.05) is 25.0 Å². The minimum atomic E-state index is -4.05. The van der Waals surface area contributed by atoms with Crippen LogP contribution in [0.15, 0.2) is 18.3 Å². The molecule has 0 spiro atoms. The number of aromatic nitrogens is 1. The largest absolute Gasteiger partial charge is 0.391 e. The molecule has 1 aliphatic heterocycles. The van der Waals surface area contributed by atoms with E-state index in [-0.39, 0.29) is 12.8 Å². The summed E-state index contributed by atoms with van der Waals surface area (Å²) in [5, 5.41) is 3.29. The molecule has 0 amide bonds. The molecule has 1 aromatic rings. The van der Waals surface area contributed by atoms with Gasteiger partial charge in [0.05, 0.1) is 11.6 Å². The van der Waals surface area contributed by atoms with Crippen LogP contribution >= 0.6 is 0 Å². The molecule has 0 atom stereocenters. The summed E-state index contributed by atoms with van der Waals surface area (Å²) in [5.41, 5.74) is 1.92. The Kier molecular flexibility index (Phi) is 5.45. The Morgan fingerprint density at radius 1 is 1.33 bits per heavy atom. The first-order chi connectivity index (χ1) is 9.99. The lowest BCUT2D eigenvalue weighted by atomic mass is 9.96. The van der Waals surface area contributed by atoms with Crippen LogP contribution < -0.4 is 5.32 Å². The van der Waals surface area contributed by atoms with E-state index in [0.717, 1.165) is 24.3 Å². The molecule has 0 saturated carbocycles. The first-order valence-corrected chi connectivity index (χ1v) is 7.47. The molecule has 21 heavy (non-hydrogen) atoms. The molecule has 0 aliphatic carbocycles. The topological polar surface area (TPSA) is 28.2 Å². The fourth-order valence-corrected chi connectivity index (χ4v) is 2.59. The zero-order valence-electron chi connectivity index (χ0n) is 12.3. The van der Waals surface area contributed by atoms with Crippen LogP contribution in [0, 0.1) is 5.92 Å². The van der Waals surface area contributed by atoms with Crippen LogP contribution in [0.5, 0.6) is 0 Å². The summed E-state index contributed by atoms with van der Waals surface area (Å²) in [6.07, 6.45) is -0.874. The fraction of sp³-hybridized carbons (Fsp3) is 0.667. The number of pyridine rings is 1. The van der Waals surface area contributed by atoms with E-state index >= 15 is 0 Å². The van der Waals surface area contributed by atoms with Gasteiger partial charge in [-0.15, -0.1) is 0 Å². The number of nitrogens with zero attached hydrogens (tertiary/aromatic N) is 2. The van der Waals surface area contributed by atoms with E-state index in [4.69, 9.17) is 0 Å². The molecule has 1 fully saturated rings. The Labute approximate surface area is 123 Å². The molecule has 3 nitrogen and oxygen atoms in total. The highest BCUT2D eigenvalue weighted by Gasteiger charge is 2.40. The van der Waals surface area contributed by atoms with Gasteiger partial charge in [0.25, 0.3) is 0 Å². The normalized spacial score (nSPS) is 17.9. The van der Waals surface area contributed by atoms with Crippen LogP contribution in [0.3, 0.4) is 0 Å². The Morgan fingerprint density at radius 2 is 2.05 bits per heavy atom.